The first-order valence-electron chi connectivity index (χ1n) is 7.35. The Morgan fingerprint density at radius 3 is 2.63 bits per heavy atom. The van der Waals surface area contributed by atoms with Crippen LogP contribution in [0, 0.1) is 0 Å². The Morgan fingerprint density at radius 2 is 2.05 bits per heavy atom. The van der Waals surface area contributed by atoms with Crippen LogP contribution in [0.3, 0.4) is 0 Å². The molecule has 0 spiro atoms. The van der Waals surface area contributed by atoms with E-state index in [1.807, 2.05) is 0 Å². The predicted molar refractivity (Wildman–Crippen MR) is 79.0 cm³/mol. The highest BCUT2D eigenvalue weighted by Crippen LogP contribution is 2.29. The molecule has 3 N–H and O–H groups in total. The second kappa shape index (κ2) is 6.66. The van der Waals surface area contributed by atoms with Gasteiger partial charge in [-0.2, -0.15) is 0 Å². The topological polar surface area (TPSA) is 64.3 Å². The highest BCUT2D eigenvalue weighted by molar-refractivity contribution is 7.80. The molecule has 2 rings (SSSR count). The number of nitrogens with one attached hydrogen (secondary N) is 1. The largest absolute Gasteiger partial charge is 0.391 e. The molecular weight excluding hydrogens is 260 g/mol. The van der Waals surface area contributed by atoms with Crippen molar-refractivity contribution in [3.05, 3.63) is 0 Å². The molecule has 1 saturated heterocycles. The van der Waals surface area contributed by atoms with Crippen LogP contribution in [0.15, 0.2) is 0 Å². The van der Waals surface area contributed by atoms with Crippen LogP contribution >= 0.6 is 12.2 Å². The van der Waals surface area contributed by atoms with Crippen molar-refractivity contribution < 1.29 is 9.53 Å². The minimum Gasteiger partial charge on any atom is -0.391 e. The molecule has 1 aliphatic carbocycles. The van der Waals surface area contributed by atoms with Crippen LogP contribution in [0.5, 0.6) is 0 Å². The van der Waals surface area contributed by atoms with Crippen LogP contribution in [0.2, 0.25) is 0 Å². The zero-order valence-electron chi connectivity index (χ0n) is 11.5. The molecule has 0 radical (unpaired) electrons. The fourth-order valence-electron chi connectivity index (χ4n) is 3.08. The number of carbonyl (C=O) groups excluding carboxylic acids is 1. The molecule has 0 aromatic heterocycles. The predicted octanol–water partition coefficient (Wildman–Crippen LogP) is 2.05. The molecule has 2 fully saturated rings. The second-order valence-corrected chi connectivity index (χ2v) is 6.17. The van der Waals surface area contributed by atoms with E-state index in [-0.39, 0.29) is 12.0 Å². The third-order valence-electron chi connectivity index (χ3n) is 4.27. The van der Waals surface area contributed by atoms with Crippen molar-refractivity contribution in [1.29, 1.82) is 0 Å². The molecule has 0 aromatic carbocycles. The normalized spacial score (nSPS) is 26.0. The molecule has 4 nitrogen and oxygen atoms in total. The summed E-state index contributed by atoms with van der Waals surface area (Å²) in [6.45, 7) is 0.836. The maximum atomic E-state index is 12.1. The van der Waals surface area contributed by atoms with Gasteiger partial charge in [-0.05, 0) is 32.1 Å². The molecule has 19 heavy (non-hydrogen) atoms. The summed E-state index contributed by atoms with van der Waals surface area (Å²) in [5, 5.41) is 3.10. The van der Waals surface area contributed by atoms with Gasteiger partial charge in [-0.25, -0.2) is 0 Å². The van der Waals surface area contributed by atoms with E-state index in [9.17, 15) is 4.79 Å². The Balaban J connectivity index is 1.82. The van der Waals surface area contributed by atoms with Gasteiger partial charge in [0.15, 0.2) is 0 Å². The second-order valence-electron chi connectivity index (χ2n) is 5.73. The summed E-state index contributed by atoms with van der Waals surface area (Å²) in [4.78, 5) is 12.5. The molecule has 0 aromatic rings. The Kier molecular flexibility index (Phi) is 5.16. The van der Waals surface area contributed by atoms with Crippen LogP contribution in [0.1, 0.15) is 57.8 Å². The van der Waals surface area contributed by atoms with E-state index in [2.05, 4.69) is 5.32 Å². The summed E-state index contributed by atoms with van der Waals surface area (Å²) in [5.41, 5.74) is 5.43. The van der Waals surface area contributed by atoms with E-state index in [1.165, 1.54) is 6.42 Å². The van der Waals surface area contributed by atoms with Gasteiger partial charge >= 0.3 is 0 Å². The standard InChI is InChI=1S/C14H24N2O2S/c15-13(19)14(8-2-1-3-9-14)16-12(17)7-6-11-5-4-10-18-11/h11H,1-10H2,(H2,15,19)(H,16,17). The number of hydrogen-bond acceptors (Lipinski definition) is 3. The number of ether oxygens (including phenoxy) is 1. The van der Waals surface area contributed by atoms with Gasteiger partial charge in [0, 0.05) is 13.0 Å². The summed E-state index contributed by atoms with van der Waals surface area (Å²) in [6.07, 6.45) is 8.91. The van der Waals surface area contributed by atoms with Gasteiger partial charge in [-0.15, -0.1) is 0 Å². The lowest BCUT2D eigenvalue weighted by Gasteiger charge is -2.37. The minimum atomic E-state index is -0.429. The third kappa shape index (κ3) is 3.89. The molecule has 2 aliphatic rings. The Labute approximate surface area is 120 Å². The zero-order chi connectivity index (χ0) is 13.7. The van der Waals surface area contributed by atoms with E-state index >= 15 is 0 Å². The number of hydrogen-bond donors (Lipinski definition) is 2. The monoisotopic (exact) mass is 284 g/mol. The van der Waals surface area contributed by atoms with Crippen molar-refractivity contribution in [3.8, 4) is 0 Å². The Bertz CT molecular complexity index is 334. The highest BCUT2D eigenvalue weighted by atomic mass is 32.1. The summed E-state index contributed by atoms with van der Waals surface area (Å²) in [6, 6.07) is 0. The van der Waals surface area contributed by atoms with Crippen molar-refractivity contribution in [2.75, 3.05) is 6.61 Å². The van der Waals surface area contributed by atoms with Crippen molar-refractivity contribution in [1.82, 2.24) is 5.32 Å². The van der Waals surface area contributed by atoms with Crippen LogP contribution in [0.25, 0.3) is 0 Å². The number of nitrogens with two attached hydrogens (primary N) is 1. The van der Waals surface area contributed by atoms with Gasteiger partial charge in [-0.3, -0.25) is 4.79 Å². The van der Waals surface area contributed by atoms with E-state index < -0.39 is 5.54 Å². The highest BCUT2D eigenvalue weighted by Gasteiger charge is 2.36. The summed E-state index contributed by atoms with van der Waals surface area (Å²) < 4.78 is 5.54. The molecule has 5 heteroatoms. The van der Waals surface area contributed by atoms with Crippen molar-refractivity contribution in [2.45, 2.75) is 69.4 Å². The molecule has 1 amide bonds. The van der Waals surface area contributed by atoms with Crippen LogP contribution < -0.4 is 11.1 Å². The van der Waals surface area contributed by atoms with Gasteiger partial charge in [0.05, 0.1) is 16.6 Å². The third-order valence-corrected chi connectivity index (χ3v) is 4.67. The lowest BCUT2D eigenvalue weighted by atomic mass is 9.81. The molecule has 1 saturated carbocycles. The molecule has 1 aliphatic heterocycles. The first-order valence-corrected chi connectivity index (χ1v) is 7.76. The fourth-order valence-corrected chi connectivity index (χ4v) is 3.34. The van der Waals surface area contributed by atoms with Crippen molar-refractivity contribution in [3.63, 3.8) is 0 Å². The molecule has 108 valence electrons. The smallest absolute Gasteiger partial charge is 0.220 e. The molecule has 1 heterocycles. The number of thiocarbonyl (C=S) groups is 1. The molecule has 1 unspecified atom stereocenters. The maximum Gasteiger partial charge on any atom is 0.220 e. The quantitative estimate of drug-likeness (QED) is 0.758. The van der Waals surface area contributed by atoms with Crippen LogP contribution in [-0.4, -0.2) is 29.1 Å². The number of carbonyl (C=O) groups is 1. The van der Waals surface area contributed by atoms with Gasteiger partial charge in [0.1, 0.15) is 0 Å². The summed E-state index contributed by atoms with van der Waals surface area (Å²) in [5.74, 6) is 0.0604. The van der Waals surface area contributed by atoms with Gasteiger partial charge in [0.25, 0.3) is 0 Å². The van der Waals surface area contributed by atoms with E-state index in [4.69, 9.17) is 22.7 Å². The van der Waals surface area contributed by atoms with Crippen molar-refractivity contribution in [2.24, 2.45) is 5.73 Å². The van der Waals surface area contributed by atoms with Gasteiger partial charge in [0.2, 0.25) is 5.91 Å². The van der Waals surface area contributed by atoms with Crippen LogP contribution in [-0.2, 0) is 9.53 Å². The lowest BCUT2D eigenvalue weighted by Crippen LogP contribution is -2.57. The molecule has 0 bridgehead atoms. The number of amides is 1. The zero-order valence-corrected chi connectivity index (χ0v) is 12.3. The SMILES string of the molecule is NC(=S)C1(NC(=O)CCC2CCCO2)CCCCC1. The molecular formula is C14H24N2O2S. The van der Waals surface area contributed by atoms with E-state index in [1.54, 1.807) is 0 Å². The summed E-state index contributed by atoms with van der Waals surface area (Å²) >= 11 is 5.18. The molecule has 1 atom stereocenters. The fraction of sp³-hybridized carbons (Fsp3) is 0.857. The Hall–Kier alpha value is -0.680. The first-order chi connectivity index (χ1) is 9.12. The number of rotatable bonds is 5. The Morgan fingerprint density at radius 1 is 1.32 bits per heavy atom. The summed E-state index contributed by atoms with van der Waals surface area (Å²) in [7, 11) is 0. The first kappa shape index (κ1) is 14.7. The maximum absolute atomic E-state index is 12.1. The average Bonchev–Trinajstić information content (AvgIpc) is 2.90. The van der Waals surface area contributed by atoms with E-state index in [0.717, 1.165) is 51.6 Å². The average molecular weight is 284 g/mol. The lowest BCUT2D eigenvalue weighted by molar-refractivity contribution is -0.123. The van der Waals surface area contributed by atoms with Gasteiger partial charge < -0.3 is 15.8 Å². The van der Waals surface area contributed by atoms with Crippen molar-refractivity contribution >= 4 is 23.1 Å². The van der Waals surface area contributed by atoms with Gasteiger partial charge in [-0.1, -0.05) is 31.5 Å². The van der Waals surface area contributed by atoms with E-state index in [0.29, 0.717) is 11.4 Å². The van der Waals surface area contributed by atoms with Crippen LogP contribution in [0.4, 0.5) is 0 Å². The minimum absolute atomic E-state index is 0.0604.